The molecule has 0 unspecified atom stereocenters. The average Bonchev–Trinajstić information content (AvgIpc) is 2.91. The summed E-state index contributed by atoms with van der Waals surface area (Å²) in [4.78, 5) is 19.9. The number of benzene rings is 1. The number of rotatable bonds is 4. The Morgan fingerprint density at radius 2 is 1.91 bits per heavy atom. The van der Waals surface area contributed by atoms with Gasteiger partial charge in [-0.2, -0.15) is 0 Å². The van der Waals surface area contributed by atoms with Gasteiger partial charge in [-0.15, -0.1) is 0 Å². The number of amides is 1. The fourth-order valence-electron chi connectivity index (χ4n) is 3.14. The van der Waals surface area contributed by atoms with Gasteiger partial charge in [-0.05, 0) is 17.5 Å². The van der Waals surface area contributed by atoms with E-state index in [1.165, 1.54) is 16.5 Å². The van der Waals surface area contributed by atoms with Gasteiger partial charge < -0.3 is 9.88 Å². The molecule has 0 atom stereocenters. The minimum Gasteiger partial charge on any atom is -0.361 e. The molecule has 1 saturated heterocycles. The second-order valence-corrected chi connectivity index (χ2v) is 6.61. The van der Waals surface area contributed by atoms with E-state index in [9.17, 15) is 4.79 Å². The summed E-state index contributed by atoms with van der Waals surface area (Å²) < 4.78 is 0. The van der Waals surface area contributed by atoms with Crippen molar-refractivity contribution in [3.05, 3.63) is 36.0 Å². The zero-order valence-electron chi connectivity index (χ0n) is 13.5. The molecule has 0 saturated carbocycles. The topological polar surface area (TPSA) is 39.3 Å². The Hall–Kier alpha value is -1.81. The number of aromatic amines is 1. The SMILES string of the molecule is CC(C)CC(=O)N1CCN(Cc2c[nH]c3ccccc23)CC1. The fourth-order valence-corrected chi connectivity index (χ4v) is 3.14. The molecule has 0 radical (unpaired) electrons. The van der Waals surface area contributed by atoms with Crippen LogP contribution in [-0.4, -0.2) is 46.9 Å². The van der Waals surface area contributed by atoms with E-state index in [0.29, 0.717) is 18.2 Å². The molecule has 0 spiro atoms. The van der Waals surface area contributed by atoms with E-state index in [1.807, 2.05) is 4.90 Å². The highest BCUT2D eigenvalue weighted by atomic mass is 16.2. The lowest BCUT2D eigenvalue weighted by molar-refractivity contribution is -0.133. The van der Waals surface area contributed by atoms with E-state index in [2.05, 4.69) is 54.2 Å². The van der Waals surface area contributed by atoms with Crippen LogP contribution in [-0.2, 0) is 11.3 Å². The molecule has 4 nitrogen and oxygen atoms in total. The van der Waals surface area contributed by atoms with E-state index >= 15 is 0 Å². The van der Waals surface area contributed by atoms with Gasteiger partial charge in [0.2, 0.25) is 5.91 Å². The molecule has 1 aromatic heterocycles. The minimum absolute atomic E-state index is 0.307. The van der Waals surface area contributed by atoms with Crippen molar-refractivity contribution in [1.29, 1.82) is 0 Å². The predicted octanol–water partition coefficient (Wildman–Crippen LogP) is 2.86. The summed E-state index contributed by atoms with van der Waals surface area (Å²) in [6.07, 6.45) is 2.78. The van der Waals surface area contributed by atoms with Crippen molar-refractivity contribution in [2.45, 2.75) is 26.8 Å². The van der Waals surface area contributed by atoms with E-state index < -0.39 is 0 Å². The number of hydrogen-bond donors (Lipinski definition) is 1. The maximum atomic E-state index is 12.1. The molecule has 1 amide bonds. The Morgan fingerprint density at radius 3 is 2.64 bits per heavy atom. The lowest BCUT2D eigenvalue weighted by Gasteiger charge is -2.35. The van der Waals surface area contributed by atoms with E-state index in [1.54, 1.807) is 0 Å². The summed E-state index contributed by atoms with van der Waals surface area (Å²) in [5.41, 5.74) is 2.54. The summed E-state index contributed by atoms with van der Waals surface area (Å²) in [6, 6.07) is 8.43. The molecule has 3 rings (SSSR count). The minimum atomic E-state index is 0.307. The van der Waals surface area contributed by atoms with Crippen molar-refractivity contribution < 1.29 is 4.79 Å². The first-order valence-electron chi connectivity index (χ1n) is 8.18. The molecule has 1 aliphatic heterocycles. The molecule has 0 aliphatic carbocycles. The zero-order valence-corrected chi connectivity index (χ0v) is 13.5. The Labute approximate surface area is 132 Å². The Bertz CT molecular complexity index is 639. The molecule has 22 heavy (non-hydrogen) atoms. The highest BCUT2D eigenvalue weighted by molar-refractivity contribution is 5.83. The number of aromatic nitrogens is 1. The third-order valence-electron chi connectivity index (χ3n) is 4.38. The van der Waals surface area contributed by atoms with Crippen LogP contribution < -0.4 is 0 Å². The van der Waals surface area contributed by atoms with Crippen LogP contribution in [0.5, 0.6) is 0 Å². The van der Waals surface area contributed by atoms with Crippen molar-refractivity contribution >= 4 is 16.8 Å². The Morgan fingerprint density at radius 1 is 1.18 bits per heavy atom. The van der Waals surface area contributed by atoms with Crippen LogP contribution in [0.3, 0.4) is 0 Å². The molecule has 1 fully saturated rings. The zero-order chi connectivity index (χ0) is 15.5. The third kappa shape index (κ3) is 3.33. The van der Waals surface area contributed by atoms with E-state index in [-0.39, 0.29) is 0 Å². The number of para-hydroxylation sites is 1. The van der Waals surface area contributed by atoms with E-state index in [0.717, 1.165) is 32.7 Å². The summed E-state index contributed by atoms with van der Waals surface area (Å²) in [7, 11) is 0. The molecule has 4 heteroatoms. The van der Waals surface area contributed by atoms with Crippen molar-refractivity contribution in [3.63, 3.8) is 0 Å². The van der Waals surface area contributed by atoms with Crippen LogP contribution >= 0.6 is 0 Å². The maximum absolute atomic E-state index is 12.1. The number of nitrogens with one attached hydrogen (secondary N) is 1. The number of carbonyl (C=O) groups excluding carboxylic acids is 1. The van der Waals surface area contributed by atoms with Crippen LogP contribution in [0.4, 0.5) is 0 Å². The second kappa shape index (κ2) is 6.53. The van der Waals surface area contributed by atoms with Gasteiger partial charge in [0, 0.05) is 56.2 Å². The predicted molar refractivity (Wildman–Crippen MR) is 89.6 cm³/mol. The normalized spacial score (nSPS) is 16.6. The van der Waals surface area contributed by atoms with Gasteiger partial charge in [-0.3, -0.25) is 9.69 Å². The van der Waals surface area contributed by atoms with Crippen molar-refractivity contribution in [2.24, 2.45) is 5.92 Å². The lowest BCUT2D eigenvalue weighted by Crippen LogP contribution is -2.48. The van der Waals surface area contributed by atoms with Gasteiger partial charge in [0.25, 0.3) is 0 Å². The summed E-state index contributed by atoms with van der Waals surface area (Å²) in [6.45, 7) is 8.79. The quantitative estimate of drug-likeness (QED) is 0.943. The maximum Gasteiger partial charge on any atom is 0.222 e. The van der Waals surface area contributed by atoms with Gasteiger partial charge in [0.05, 0.1) is 0 Å². The molecule has 2 aromatic rings. The third-order valence-corrected chi connectivity index (χ3v) is 4.38. The largest absolute Gasteiger partial charge is 0.361 e. The first kappa shape index (κ1) is 15.1. The number of carbonyl (C=O) groups is 1. The number of piperazine rings is 1. The van der Waals surface area contributed by atoms with E-state index in [4.69, 9.17) is 0 Å². The number of nitrogens with zero attached hydrogens (tertiary/aromatic N) is 2. The molecule has 2 heterocycles. The molecule has 118 valence electrons. The summed E-state index contributed by atoms with van der Waals surface area (Å²) in [5.74, 6) is 0.749. The Balaban J connectivity index is 1.57. The van der Waals surface area contributed by atoms with Gasteiger partial charge in [-0.1, -0.05) is 32.0 Å². The second-order valence-electron chi connectivity index (χ2n) is 6.61. The van der Waals surface area contributed by atoms with Gasteiger partial charge in [-0.25, -0.2) is 0 Å². The van der Waals surface area contributed by atoms with Crippen molar-refractivity contribution in [3.8, 4) is 0 Å². The first-order valence-corrected chi connectivity index (χ1v) is 8.18. The lowest BCUT2D eigenvalue weighted by atomic mass is 10.1. The van der Waals surface area contributed by atoms with Crippen molar-refractivity contribution in [1.82, 2.24) is 14.8 Å². The molecular formula is C18H25N3O. The van der Waals surface area contributed by atoms with Crippen LogP contribution in [0.2, 0.25) is 0 Å². The Kier molecular flexibility index (Phi) is 4.48. The van der Waals surface area contributed by atoms with Crippen LogP contribution in [0.15, 0.2) is 30.5 Å². The van der Waals surface area contributed by atoms with Gasteiger partial charge in [0.1, 0.15) is 0 Å². The number of fused-ring (bicyclic) bond motifs is 1. The van der Waals surface area contributed by atoms with Crippen molar-refractivity contribution in [2.75, 3.05) is 26.2 Å². The number of hydrogen-bond acceptors (Lipinski definition) is 2. The van der Waals surface area contributed by atoms with Gasteiger partial charge >= 0.3 is 0 Å². The van der Waals surface area contributed by atoms with Crippen LogP contribution in [0.1, 0.15) is 25.8 Å². The molecule has 1 aliphatic rings. The van der Waals surface area contributed by atoms with Crippen LogP contribution in [0.25, 0.3) is 10.9 Å². The summed E-state index contributed by atoms with van der Waals surface area (Å²) in [5, 5.41) is 1.31. The molecule has 1 aromatic carbocycles. The standard InChI is InChI=1S/C18H25N3O/c1-14(2)11-18(22)21-9-7-20(8-10-21)13-15-12-19-17-6-4-3-5-16(15)17/h3-6,12,14,19H,7-11,13H2,1-2H3. The summed E-state index contributed by atoms with van der Waals surface area (Å²) >= 11 is 0. The van der Waals surface area contributed by atoms with Gasteiger partial charge in [0.15, 0.2) is 0 Å². The fraction of sp³-hybridized carbons (Fsp3) is 0.500. The molecular weight excluding hydrogens is 274 g/mol. The number of H-pyrrole nitrogens is 1. The van der Waals surface area contributed by atoms with Crippen LogP contribution in [0, 0.1) is 5.92 Å². The highest BCUT2D eigenvalue weighted by Gasteiger charge is 2.21. The smallest absolute Gasteiger partial charge is 0.222 e. The molecule has 0 bridgehead atoms. The molecule has 1 N–H and O–H groups in total. The monoisotopic (exact) mass is 299 g/mol. The highest BCUT2D eigenvalue weighted by Crippen LogP contribution is 2.20. The first-order chi connectivity index (χ1) is 10.6. The average molecular weight is 299 g/mol.